The molecule has 0 aliphatic carbocycles. The fourth-order valence-electron chi connectivity index (χ4n) is 4.80. The molecule has 1 fully saturated rings. The van der Waals surface area contributed by atoms with Gasteiger partial charge in [0.1, 0.15) is 5.01 Å². The van der Waals surface area contributed by atoms with Crippen LogP contribution < -0.4 is 0 Å². The minimum absolute atomic E-state index is 0.293. The molecule has 1 aliphatic rings. The molecule has 6 rings (SSSR count). The van der Waals surface area contributed by atoms with Gasteiger partial charge < -0.3 is 0 Å². The predicted molar refractivity (Wildman–Crippen MR) is 146 cm³/mol. The molecule has 7 heteroatoms. The van der Waals surface area contributed by atoms with Crippen molar-refractivity contribution < 1.29 is 0 Å². The van der Waals surface area contributed by atoms with Gasteiger partial charge in [0.2, 0.25) is 4.77 Å². The van der Waals surface area contributed by atoms with Crippen molar-refractivity contribution in [3.8, 4) is 17.1 Å². The number of hydrogen-bond acceptors (Lipinski definition) is 5. The molecule has 0 saturated carbocycles. The summed E-state index contributed by atoms with van der Waals surface area (Å²) in [5, 5.41) is 6.25. The monoisotopic (exact) mass is 497 g/mol. The minimum Gasteiger partial charge on any atom is -0.275 e. The third kappa shape index (κ3) is 4.24. The van der Waals surface area contributed by atoms with E-state index in [1.807, 2.05) is 4.68 Å². The molecule has 0 amide bonds. The summed E-state index contributed by atoms with van der Waals surface area (Å²) in [7, 11) is 0. The number of thiazole rings is 1. The Labute approximate surface area is 214 Å². The molecule has 1 aliphatic heterocycles. The van der Waals surface area contributed by atoms with Gasteiger partial charge in [-0.1, -0.05) is 59.7 Å². The number of rotatable bonds is 5. The molecule has 5 aromatic rings. The zero-order valence-corrected chi connectivity index (χ0v) is 21.5. The van der Waals surface area contributed by atoms with E-state index in [-0.39, 0.29) is 0 Å². The van der Waals surface area contributed by atoms with Gasteiger partial charge in [-0.15, -0.1) is 16.4 Å². The first-order valence-corrected chi connectivity index (χ1v) is 13.2. The van der Waals surface area contributed by atoms with E-state index in [0.717, 1.165) is 42.0 Å². The van der Waals surface area contributed by atoms with Crippen LogP contribution in [-0.4, -0.2) is 30.8 Å². The molecule has 35 heavy (non-hydrogen) atoms. The molecule has 3 aromatic carbocycles. The normalized spacial score (nSPS) is 16.3. The maximum atomic E-state index is 6.02. The lowest BCUT2D eigenvalue weighted by molar-refractivity contribution is 0.190. The maximum absolute atomic E-state index is 6.02. The highest BCUT2D eigenvalue weighted by atomic mass is 32.1. The Balaban J connectivity index is 1.39. The molecule has 0 N–H and O–H groups in total. The summed E-state index contributed by atoms with van der Waals surface area (Å²) < 4.78 is 6.04. The van der Waals surface area contributed by atoms with Crippen molar-refractivity contribution in [1.82, 2.24) is 24.2 Å². The van der Waals surface area contributed by atoms with Crippen molar-refractivity contribution in [3.05, 3.63) is 93.7 Å². The van der Waals surface area contributed by atoms with Crippen LogP contribution in [0, 0.1) is 18.6 Å². The van der Waals surface area contributed by atoms with Crippen LogP contribution in [0.4, 0.5) is 0 Å². The van der Waals surface area contributed by atoms with E-state index in [1.54, 1.807) is 11.3 Å². The number of hydrogen-bond donors (Lipinski definition) is 0. The summed E-state index contributed by atoms with van der Waals surface area (Å²) in [6, 6.07) is 25.7. The highest BCUT2D eigenvalue weighted by Gasteiger charge is 2.30. The van der Waals surface area contributed by atoms with E-state index in [4.69, 9.17) is 22.3 Å². The quantitative estimate of drug-likeness (QED) is 0.243. The molecule has 5 nitrogen and oxygen atoms in total. The average Bonchev–Trinajstić information content (AvgIpc) is 3.58. The topological polar surface area (TPSA) is 38.9 Å². The molecule has 1 saturated heterocycles. The van der Waals surface area contributed by atoms with Crippen molar-refractivity contribution in [3.63, 3.8) is 0 Å². The van der Waals surface area contributed by atoms with Gasteiger partial charge in [0.25, 0.3) is 0 Å². The third-order valence-corrected chi connectivity index (χ3v) is 8.25. The molecule has 0 spiro atoms. The van der Waals surface area contributed by atoms with Gasteiger partial charge in [-0.25, -0.2) is 9.67 Å². The lowest BCUT2D eigenvalue weighted by Crippen LogP contribution is -2.27. The van der Waals surface area contributed by atoms with Gasteiger partial charge >= 0.3 is 0 Å². The Morgan fingerprint density at radius 2 is 1.66 bits per heavy atom. The second kappa shape index (κ2) is 9.15. The summed E-state index contributed by atoms with van der Waals surface area (Å²) in [5.74, 6) is 0.870. The fourth-order valence-corrected chi connectivity index (χ4v) is 6.22. The van der Waals surface area contributed by atoms with Crippen LogP contribution >= 0.6 is 23.6 Å². The van der Waals surface area contributed by atoms with Gasteiger partial charge in [-0.2, -0.15) is 0 Å². The van der Waals surface area contributed by atoms with Crippen LogP contribution in [0.25, 0.3) is 27.3 Å². The zero-order valence-electron chi connectivity index (χ0n) is 19.9. The van der Waals surface area contributed by atoms with Crippen LogP contribution in [0.1, 0.15) is 35.0 Å². The van der Waals surface area contributed by atoms with Gasteiger partial charge in [-0.3, -0.25) is 9.47 Å². The maximum Gasteiger partial charge on any atom is 0.204 e. The Morgan fingerprint density at radius 3 is 2.40 bits per heavy atom. The largest absolute Gasteiger partial charge is 0.275 e. The summed E-state index contributed by atoms with van der Waals surface area (Å²) in [6.45, 7) is 5.87. The lowest BCUT2D eigenvalue weighted by Gasteiger charge is -2.22. The number of fused-ring (bicyclic) bond motifs is 1. The van der Waals surface area contributed by atoms with E-state index >= 15 is 0 Å². The van der Waals surface area contributed by atoms with Crippen LogP contribution in [0.5, 0.6) is 0 Å². The first-order valence-electron chi connectivity index (χ1n) is 12.0. The highest BCUT2D eigenvalue weighted by molar-refractivity contribution is 7.71. The number of nitrogens with zero attached hydrogens (tertiary/aromatic N) is 5. The molecule has 0 radical (unpaired) electrons. The standard InChI is InChI=1S/C28H27N5S2/c1-19-9-13-21(14-10-19)26-30-32(28(34)33(26)22-15-11-20(2)12-16-22)18-31-17-5-7-24(31)27-29-23-6-3-4-8-25(23)35-27/h3-4,6,8-16,24H,5,7,17-18H2,1-2H3. The van der Waals surface area contributed by atoms with Crippen LogP contribution in [0.2, 0.25) is 0 Å². The van der Waals surface area contributed by atoms with E-state index in [1.165, 1.54) is 20.8 Å². The molecule has 2 aromatic heterocycles. The van der Waals surface area contributed by atoms with Crippen molar-refractivity contribution in [2.75, 3.05) is 6.54 Å². The molecule has 3 heterocycles. The van der Waals surface area contributed by atoms with E-state index in [2.05, 4.69) is 96.1 Å². The Bertz CT molecular complexity index is 1510. The number of aromatic nitrogens is 4. The van der Waals surface area contributed by atoms with Crippen molar-refractivity contribution in [2.45, 2.75) is 39.4 Å². The second-order valence-electron chi connectivity index (χ2n) is 9.27. The molecule has 1 unspecified atom stereocenters. The van der Waals surface area contributed by atoms with E-state index in [9.17, 15) is 0 Å². The van der Waals surface area contributed by atoms with E-state index in [0.29, 0.717) is 17.5 Å². The number of likely N-dealkylation sites (tertiary alicyclic amines) is 1. The Morgan fingerprint density at radius 1 is 0.943 bits per heavy atom. The van der Waals surface area contributed by atoms with Gasteiger partial charge in [0.15, 0.2) is 5.82 Å². The van der Waals surface area contributed by atoms with Crippen LogP contribution in [-0.2, 0) is 6.67 Å². The van der Waals surface area contributed by atoms with Gasteiger partial charge in [0.05, 0.1) is 22.9 Å². The summed E-state index contributed by atoms with van der Waals surface area (Å²) in [5.41, 5.74) is 5.63. The fraction of sp³-hybridized carbons (Fsp3) is 0.250. The molecule has 0 bridgehead atoms. The molecule has 1 atom stereocenters. The number of aryl methyl sites for hydroxylation is 2. The van der Waals surface area contributed by atoms with E-state index < -0.39 is 0 Å². The van der Waals surface area contributed by atoms with Crippen LogP contribution in [0.15, 0.2) is 72.8 Å². The molecule has 176 valence electrons. The Kier molecular flexibility index (Phi) is 5.84. The second-order valence-corrected chi connectivity index (χ2v) is 10.7. The summed E-state index contributed by atoms with van der Waals surface area (Å²) in [6.07, 6.45) is 2.26. The van der Waals surface area contributed by atoms with Gasteiger partial charge in [-0.05, 0) is 63.2 Å². The van der Waals surface area contributed by atoms with Gasteiger partial charge in [0, 0.05) is 17.8 Å². The first-order chi connectivity index (χ1) is 17.1. The van der Waals surface area contributed by atoms with Crippen molar-refractivity contribution in [2.24, 2.45) is 0 Å². The lowest BCUT2D eigenvalue weighted by atomic mass is 10.1. The first kappa shape index (κ1) is 22.3. The summed E-state index contributed by atoms with van der Waals surface area (Å²) in [4.78, 5) is 7.43. The van der Waals surface area contributed by atoms with Crippen molar-refractivity contribution >= 4 is 33.8 Å². The number of para-hydroxylation sites is 1. The predicted octanol–water partition coefficient (Wildman–Crippen LogP) is 7.09. The zero-order chi connectivity index (χ0) is 23.9. The molecular formula is C28H27N5S2. The highest BCUT2D eigenvalue weighted by Crippen LogP contribution is 2.37. The van der Waals surface area contributed by atoms with Crippen LogP contribution in [0.3, 0.4) is 0 Å². The third-order valence-electron chi connectivity index (χ3n) is 6.72. The Hall–Kier alpha value is -3.13. The molecular weight excluding hydrogens is 470 g/mol. The smallest absolute Gasteiger partial charge is 0.204 e. The van der Waals surface area contributed by atoms with Crippen molar-refractivity contribution in [1.29, 1.82) is 0 Å². The summed E-state index contributed by atoms with van der Waals surface area (Å²) >= 11 is 7.82. The minimum atomic E-state index is 0.293. The SMILES string of the molecule is Cc1ccc(-c2nn(CN3CCCC3c3nc4ccccc4s3)c(=S)n2-c2ccc(C)cc2)cc1. The average molecular weight is 498 g/mol. The number of benzene rings is 3.